The van der Waals surface area contributed by atoms with Gasteiger partial charge >= 0.3 is 0 Å². The lowest BCUT2D eigenvalue weighted by Crippen LogP contribution is -2.49. The number of amides is 2. The van der Waals surface area contributed by atoms with Crippen LogP contribution in [0.3, 0.4) is 0 Å². The molecule has 152 valence electrons. The summed E-state index contributed by atoms with van der Waals surface area (Å²) in [5.74, 6) is -0.182. The molecule has 2 radical (unpaired) electrons. The largest absolute Gasteiger partial charge is 0.524 e. The highest BCUT2D eigenvalue weighted by atomic mass is 32.2. The summed E-state index contributed by atoms with van der Waals surface area (Å²) in [7, 11) is 6.62. The van der Waals surface area contributed by atoms with Gasteiger partial charge in [-0.1, -0.05) is 0 Å². The molecule has 2 aromatic heterocycles. The Balaban J connectivity index is 1.55. The Labute approximate surface area is 174 Å². The van der Waals surface area contributed by atoms with Crippen molar-refractivity contribution in [3.05, 3.63) is 35.8 Å². The number of aliphatic hydroxyl groups is 1. The number of ether oxygens (including phenoxy) is 1. The Bertz CT molecular complexity index is 936. The van der Waals surface area contributed by atoms with Gasteiger partial charge in [-0.05, 0) is 18.6 Å². The number of methoxy groups -OCH3 is 1. The van der Waals surface area contributed by atoms with Crippen LogP contribution in [0.2, 0.25) is 0 Å². The van der Waals surface area contributed by atoms with Gasteiger partial charge in [0.25, 0.3) is 0 Å². The summed E-state index contributed by atoms with van der Waals surface area (Å²) in [5.41, 5.74) is 1.52. The van der Waals surface area contributed by atoms with Crippen LogP contribution in [0.15, 0.2) is 30.2 Å². The molecule has 29 heavy (non-hydrogen) atoms. The van der Waals surface area contributed by atoms with E-state index in [0.29, 0.717) is 32.1 Å². The molecular weight excluding hydrogens is 393 g/mol. The number of carbonyl (C=O) groups excluding carboxylic acids is 2. The quantitative estimate of drug-likeness (QED) is 0.308. The van der Waals surface area contributed by atoms with E-state index in [-0.39, 0.29) is 12.5 Å². The third-order valence-electron chi connectivity index (χ3n) is 4.51. The van der Waals surface area contributed by atoms with Crippen molar-refractivity contribution < 1.29 is 19.4 Å². The maximum absolute atomic E-state index is 12.2. The number of aryl methyl sites for hydroxylation is 1. The number of hydrogen-bond acceptors (Lipinski definition) is 7. The van der Waals surface area contributed by atoms with Crippen LogP contribution in [0, 0.1) is 6.92 Å². The number of aromatic nitrogens is 2. The van der Waals surface area contributed by atoms with Gasteiger partial charge in [0, 0.05) is 62.4 Å². The van der Waals surface area contributed by atoms with Crippen molar-refractivity contribution in [3.63, 3.8) is 0 Å². The maximum Gasteiger partial charge on any atom is 0.246 e. The topological polar surface area (TPSA) is 99.9 Å². The second-order valence-corrected chi connectivity index (χ2v) is 7.61. The molecule has 0 atom stereocenters. The summed E-state index contributed by atoms with van der Waals surface area (Å²) in [5, 5.41) is 12.2. The zero-order chi connectivity index (χ0) is 21.0. The number of pyridine rings is 1. The summed E-state index contributed by atoms with van der Waals surface area (Å²) in [4.78, 5) is 29.7. The lowest BCUT2D eigenvalue weighted by atomic mass is 10.1. The Kier molecular flexibility index (Phi) is 6.70. The van der Waals surface area contributed by atoms with Crippen LogP contribution in [-0.4, -0.2) is 82.8 Å². The molecule has 0 aromatic carbocycles. The first-order valence-corrected chi connectivity index (χ1v) is 9.78. The third-order valence-corrected chi connectivity index (χ3v) is 5.59. The predicted molar refractivity (Wildman–Crippen MR) is 112 cm³/mol. The summed E-state index contributed by atoms with van der Waals surface area (Å²) in [6.45, 7) is 4.37. The molecule has 0 unspecified atom stereocenters. The van der Waals surface area contributed by atoms with E-state index in [4.69, 9.17) is 17.7 Å². The van der Waals surface area contributed by atoms with E-state index in [1.807, 2.05) is 19.2 Å². The molecule has 0 aliphatic carbocycles. The minimum absolute atomic E-state index is 0.135. The smallest absolute Gasteiger partial charge is 0.246 e. The van der Waals surface area contributed by atoms with E-state index < -0.39 is 11.6 Å². The first-order chi connectivity index (χ1) is 13.9. The highest BCUT2D eigenvalue weighted by Gasteiger charge is 2.23. The van der Waals surface area contributed by atoms with Crippen molar-refractivity contribution >= 4 is 42.7 Å². The van der Waals surface area contributed by atoms with Gasteiger partial charge in [-0.15, -0.1) is 0 Å². The Hall–Kier alpha value is -2.66. The second kappa shape index (κ2) is 9.23. The van der Waals surface area contributed by atoms with Crippen LogP contribution >= 0.6 is 12.1 Å². The monoisotopic (exact) mass is 415 g/mol. The van der Waals surface area contributed by atoms with E-state index >= 15 is 0 Å². The summed E-state index contributed by atoms with van der Waals surface area (Å²) < 4.78 is 9.61. The minimum atomic E-state index is -0.604. The van der Waals surface area contributed by atoms with E-state index in [2.05, 4.69) is 18.6 Å². The first-order valence-electron chi connectivity index (χ1n) is 9.05. The number of fused-ring (bicyclic) bond motifs is 1. The summed E-state index contributed by atoms with van der Waals surface area (Å²) in [6, 6.07) is 1.98. The Morgan fingerprint density at radius 2 is 2.10 bits per heavy atom. The highest BCUT2D eigenvalue weighted by Crippen LogP contribution is 2.31. The Morgan fingerprint density at radius 1 is 1.38 bits per heavy atom. The predicted octanol–water partition coefficient (Wildman–Crippen LogP) is 0.593. The van der Waals surface area contributed by atoms with Crippen molar-refractivity contribution in [2.24, 2.45) is 0 Å². The van der Waals surface area contributed by atoms with E-state index in [1.54, 1.807) is 30.3 Å². The third kappa shape index (κ3) is 5.04. The molecule has 1 saturated heterocycles. The number of rotatable bonds is 6. The van der Waals surface area contributed by atoms with Crippen LogP contribution in [0.5, 0.6) is 5.88 Å². The molecule has 2 N–H and O–H groups in total. The zero-order valence-corrected chi connectivity index (χ0v) is 17.1. The maximum atomic E-state index is 12.2. The molecule has 2 aromatic rings. The molecule has 0 spiro atoms. The average molecular weight is 415 g/mol. The average Bonchev–Trinajstić information content (AvgIpc) is 3.11. The fourth-order valence-corrected chi connectivity index (χ4v) is 4.11. The van der Waals surface area contributed by atoms with Crippen LogP contribution in [0.4, 0.5) is 0 Å². The SMILES string of the molecule is [B]/C(O)=C/C(=O)NCC(=O)N1CCN(Sn2ccc3c(OC)ncc(C)c32)CC1. The molecule has 1 aliphatic rings. The molecule has 0 saturated carbocycles. The summed E-state index contributed by atoms with van der Waals surface area (Å²) >= 11 is 1.58. The van der Waals surface area contributed by atoms with Gasteiger partial charge < -0.3 is 20.1 Å². The van der Waals surface area contributed by atoms with Crippen LogP contribution in [-0.2, 0) is 9.59 Å². The molecular formula is C18H22BN5O4S. The molecule has 0 bridgehead atoms. The first kappa shape index (κ1) is 21.1. The lowest BCUT2D eigenvalue weighted by molar-refractivity contribution is -0.133. The van der Waals surface area contributed by atoms with Crippen molar-refractivity contribution in [1.82, 2.24) is 23.5 Å². The molecule has 2 amide bonds. The Morgan fingerprint density at radius 3 is 2.76 bits per heavy atom. The number of aliphatic hydroxyl groups excluding tert-OH is 1. The van der Waals surface area contributed by atoms with Gasteiger partial charge in [0.15, 0.2) is 7.85 Å². The fraction of sp³-hybridized carbons (Fsp3) is 0.389. The van der Waals surface area contributed by atoms with Crippen molar-refractivity contribution in [1.29, 1.82) is 0 Å². The lowest BCUT2D eigenvalue weighted by Gasteiger charge is -2.33. The normalized spacial score (nSPS) is 15.5. The van der Waals surface area contributed by atoms with Crippen LogP contribution < -0.4 is 10.1 Å². The molecule has 3 heterocycles. The summed E-state index contributed by atoms with van der Waals surface area (Å²) in [6.07, 6.45) is 4.61. The number of nitrogens with zero attached hydrogens (tertiary/aromatic N) is 4. The molecule has 11 heteroatoms. The van der Waals surface area contributed by atoms with Crippen LogP contribution in [0.25, 0.3) is 10.9 Å². The van der Waals surface area contributed by atoms with E-state index in [9.17, 15) is 9.59 Å². The number of hydrogen-bond donors (Lipinski definition) is 2. The minimum Gasteiger partial charge on any atom is -0.524 e. The van der Waals surface area contributed by atoms with Crippen molar-refractivity contribution in [3.8, 4) is 5.88 Å². The van der Waals surface area contributed by atoms with Gasteiger partial charge in [0.2, 0.25) is 17.7 Å². The second-order valence-electron chi connectivity index (χ2n) is 6.53. The van der Waals surface area contributed by atoms with Crippen molar-refractivity contribution in [2.75, 3.05) is 39.8 Å². The number of carbonyl (C=O) groups is 2. The van der Waals surface area contributed by atoms with Crippen molar-refractivity contribution in [2.45, 2.75) is 6.92 Å². The molecule has 3 rings (SSSR count). The highest BCUT2D eigenvalue weighted by molar-refractivity contribution is 7.95. The van der Waals surface area contributed by atoms with Gasteiger partial charge in [-0.25, -0.2) is 9.29 Å². The molecule has 1 fully saturated rings. The zero-order valence-electron chi connectivity index (χ0n) is 16.3. The molecule has 1 aliphatic heterocycles. The van der Waals surface area contributed by atoms with Crippen LogP contribution in [0.1, 0.15) is 5.56 Å². The van der Waals surface area contributed by atoms with E-state index in [0.717, 1.165) is 22.5 Å². The van der Waals surface area contributed by atoms with Gasteiger partial charge in [-0.2, -0.15) is 0 Å². The van der Waals surface area contributed by atoms with Gasteiger partial charge in [-0.3, -0.25) is 13.6 Å². The molecule has 9 nitrogen and oxygen atoms in total. The van der Waals surface area contributed by atoms with Gasteiger partial charge in [0.05, 0.1) is 24.6 Å². The number of nitrogens with one attached hydrogen (secondary N) is 1. The van der Waals surface area contributed by atoms with Gasteiger partial charge in [0.1, 0.15) is 0 Å². The fourth-order valence-electron chi connectivity index (χ4n) is 3.09. The van der Waals surface area contributed by atoms with E-state index in [1.165, 1.54) is 0 Å². The number of piperazine rings is 1. The standard InChI is InChI=1S/C18H22BN5O4S/c1-12-10-21-18(28-2)13-3-4-24(17(12)13)29-23-7-5-22(6-8-23)16(27)11-20-15(26)9-14(19)25/h3-4,9-10,25H,5-8,11H2,1-2H3,(H,20,26)/b14-9-.